The molecule has 1 N–H and O–H groups in total. The van der Waals surface area contributed by atoms with Gasteiger partial charge >= 0.3 is 6.09 Å². The Bertz CT molecular complexity index is 702. The van der Waals surface area contributed by atoms with E-state index in [1.165, 1.54) is 19.2 Å². The Morgan fingerprint density at radius 2 is 2.04 bits per heavy atom. The van der Waals surface area contributed by atoms with E-state index in [1.54, 1.807) is 11.8 Å². The second-order valence-corrected chi connectivity index (χ2v) is 7.54. The Morgan fingerprint density at radius 3 is 2.60 bits per heavy atom. The lowest BCUT2D eigenvalue weighted by Crippen LogP contribution is -2.41. The van der Waals surface area contributed by atoms with Crippen molar-refractivity contribution in [2.45, 2.75) is 24.7 Å². The van der Waals surface area contributed by atoms with Crippen LogP contribution in [0.2, 0.25) is 0 Å². The molecule has 0 unspecified atom stereocenters. The van der Waals surface area contributed by atoms with Gasteiger partial charge in [-0.15, -0.1) is 0 Å². The third-order valence-corrected chi connectivity index (χ3v) is 5.54. The molecule has 1 aliphatic heterocycles. The van der Waals surface area contributed by atoms with E-state index >= 15 is 0 Å². The zero-order valence-electron chi connectivity index (χ0n) is 14.3. The van der Waals surface area contributed by atoms with Crippen molar-refractivity contribution in [2.24, 2.45) is 5.92 Å². The highest BCUT2D eigenvalue weighted by molar-refractivity contribution is 7.89. The number of sulfonamides is 1. The number of nitrogens with zero attached hydrogens (tertiary/aromatic N) is 1. The average molecular weight is 374 g/mol. The number of carbonyl (C=O) groups is 1. The lowest BCUT2D eigenvalue weighted by Gasteiger charge is -2.30. The maximum atomic E-state index is 13.8. The fourth-order valence-corrected chi connectivity index (χ4v) is 3.81. The molecule has 0 spiro atoms. The second kappa shape index (κ2) is 8.48. The molecular formula is C16H23FN2O5S. The van der Waals surface area contributed by atoms with Gasteiger partial charge in [-0.2, -0.15) is 0 Å². The predicted octanol–water partition coefficient (Wildman–Crippen LogP) is 1.98. The first-order chi connectivity index (χ1) is 11.9. The zero-order valence-corrected chi connectivity index (χ0v) is 15.1. The molecule has 0 aromatic heterocycles. The summed E-state index contributed by atoms with van der Waals surface area (Å²) in [5, 5.41) is 0. The third-order valence-electron chi connectivity index (χ3n) is 4.12. The molecule has 25 heavy (non-hydrogen) atoms. The number of likely N-dealkylation sites (tertiary alicyclic amines) is 1. The van der Waals surface area contributed by atoms with Crippen molar-refractivity contribution in [3.63, 3.8) is 0 Å². The fraction of sp³-hybridized carbons (Fsp3) is 0.562. The van der Waals surface area contributed by atoms with Gasteiger partial charge < -0.3 is 14.4 Å². The Hall–Kier alpha value is -1.87. The minimum Gasteiger partial charge on any atom is -0.491 e. The molecular weight excluding hydrogens is 351 g/mol. The van der Waals surface area contributed by atoms with Gasteiger partial charge in [-0.25, -0.2) is 22.3 Å². The maximum absolute atomic E-state index is 13.8. The maximum Gasteiger partial charge on any atom is 0.409 e. The Labute approximate surface area is 147 Å². The molecule has 1 aromatic rings. The number of piperidine rings is 1. The molecule has 7 nitrogen and oxygen atoms in total. The Kier molecular flexibility index (Phi) is 6.60. The second-order valence-electron chi connectivity index (χ2n) is 5.78. The van der Waals surface area contributed by atoms with Crippen LogP contribution < -0.4 is 9.46 Å². The number of hydrogen-bond acceptors (Lipinski definition) is 5. The number of amides is 1. The summed E-state index contributed by atoms with van der Waals surface area (Å²) in [5.74, 6) is -0.573. The molecule has 0 aliphatic carbocycles. The van der Waals surface area contributed by atoms with Crippen molar-refractivity contribution in [3.8, 4) is 5.75 Å². The number of benzene rings is 1. The van der Waals surface area contributed by atoms with Gasteiger partial charge in [-0.05, 0) is 43.9 Å². The highest BCUT2D eigenvalue weighted by Crippen LogP contribution is 2.22. The molecule has 1 aromatic carbocycles. The van der Waals surface area contributed by atoms with Crippen molar-refractivity contribution in [1.82, 2.24) is 9.62 Å². The van der Waals surface area contributed by atoms with Crippen LogP contribution in [0, 0.1) is 11.7 Å². The molecule has 9 heteroatoms. The lowest BCUT2D eigenvalue weighted by atomic mass is 9.97. The topological polar surface area (TPSA) is 84.9 Å². The summed E-state index contributed by atoms with van der Waals surface area (Å²) in [6.07, 6.45) is 0.980. The minimum atomic E-state index is -3.80. The minimum absolute atomic E-state index is 0.0247. The molecule has 2 rings (SSSR count). The van der Waals surface area contributed by atoms with Gasteiger partial charge in [0, 0.05) is 19.6 Å². The first-order valence-electron chi connectivity index (χ1n) is 8.12. The quantitative estimate of drug-likeness (QED) is 0.823. The molecule has 0 atom stereocenters. The number of rotatable bonds is 6. The van der Waals surface area contributed by atoms with Gasteiger partial charge in [0.25, 0.3) is 0 Å². The van der Waals surface area contributed by atoms with E-state index in [-0.39, 0.29) is 29.2 Å². The normalized spacial score (nSPS) is 15.9. The number of ether oxygens (including phenoxy) is 2. The smallest absolute Gasteiger partial charge is 0.409 e. The van der Waals surface area contributed by atoms with E-state index in [0.29, 0.717) is 32.5 Å². The van der Waals surface area contributed by atoms with Crippen LogP contribution in [0.25, 0.3) is 0 Å². The predicted molar refractivity (Wildman–Crippen MR) is 89.5 cm³/mol. The zero-order chi connectivity index (χ0) is 18.4. The molecule has 140 valence electrons. The number of halogens is 1. The number of methoxy groups -OCH3 is 1. The van der Waals surface area contributed by atoms with Gasteiger partial charge in [0.15, 0.2) is 11.6 Å². The highest BCUT2D eigenvalue weighted by atomic mass is 32.2. The van der Waals surface area contributed by atoms with Gasteiger partial charge in [0.05, 0.1) is 18.6 Å². The van der Waals surface area contributed by atoms with Crippen molar-refractivity contribution >= 4 is 16.1 Å². The van der Waals surface area contributed by atoms with E-state index in [0.717, 1.165) is 6.07 Å². The fourth-order valence-electron chi connectivity index (χ4n) is 2.68. The van der Waals surface area contributed by atoms with Gasteiger partial charge in [-0.1, -0.05) is 0 Å². The number of hydrogen-bond donors (Lipinski definition) is 1. The molecule has 1 saturated heterocycles. The summed E-state index contributed by atoms with van der Waals surface area (Å²) in [6, 6.07) is 3.58. The summed E-state index contributed by atoms with van der Waals surface area (Å²) in [4.78, 5) is 12.9. The average Bonchev–Trinajstić information content (AvgIpc) is 2.61. The van der Waals surface area contributed by atoms with Crippen molar-refractivity contribution < 1.29 is 27.1 Å². The molecule has 0 saturated carbocycles. The van der Waals surface area contributed by atoms with E-state index in [2.05, 4.69) is 9.46 Å². The summed E-state index contributed by atoms with van der Waals surface area (Å²) >= 11 is 0. The molecule has 0 radical (unpaired) electrons. The first-order valence-corrected chi connectivity index (χ1v) is 9.60. The van der Waals surface area contributed by atoms with Gasteiger partial charge in [0.1, 0.15) is 0 Å². The van der Waals surface area contributed by atoms with Crippen LogP contribution in [0.5, 0.6) is 5.75 Å². The van der Waals surface area contributed by atoms with Crippen LogP contribution in [-0.2, 0) is 14.8 Å². The standard InChI is InChI=1S/C16H23FN2O5S/c1-3-24-15-5-4-13(10-14(15)17)25(21,22)18-11-12-6-8-19(9-7-12)16(20)23-2/h4-5,10,12,18H,3,6-9,11H2,1-2H3. The monoisotopic (exact) mass is 374 g/mol. The van der Waals surface area contributed by atoms with Gasteiger partial charge in [-0.3, -0.25) is 0 Å². The third kappa shape index (κ3) is 5.05. The van der Waals surface area contributed by atoms with Crippen molar-refractivity contribution in [1.29, 1.82) is 0 Å². The molecule has 1 fully saturated rings. The largest absolute Gasteiger partial charge is 0.491 e. The van der Waals surface area contributed by atoms with Crippen LogP contribution in [0.1, 0.15) is 19.8 Å². The van der Waals surface area contributed by atoms with E-state index < -0.39 is 15.8 Å². The Balaban J connectivity index is 1.92. The van der Waals surface area contributed by atoms with E-state index in [4.69, 9.17) is 4.74 Å². The van der Waals surface area contributed by atoms with Crippen LogP contribution in [0.15, 0.2) is 23.1 Å². The van der Waals surface area contributed by atoms with Crippen molar-refractivity contribution in [3.05, 3.63) is 24.0 Å². The summed E-state index contributed by atoms with van der Waals surface area (Å²) in [6.45, 7) is 3.31. The summed E-state index contributed by atoms with van der Waals surface area (Å²) in [5.41, 5.74) is 0. The molecule has 1 aliphatic rings. The highest BCUT2D eigenvalue weighted by Gasteiger charge is 2.25. The number of nitrogens with one attached hydrogen (secondary N) is 1. The summed E-state index contributed by atoms with van der Waals surface area (Å²) in [7, 11) is -2.47. The molecule has 1 heterocycles. The van der Waals surface area contributed by atoms with Crippen molar-refractivity contribution in [2.75, 3.05) is 33.4 Å². The molecule has 0 bridgehead atoms. The van der Waals surface area contributed by atoms with E-state index in [1.807, 2.05) is 0 Å². The SMILES string of the molecule is CCOc1ccc(S(=O)(=O)NCC2CCN(C(=O)OC)CC2)cc1F. The van der Waals surface area contributed by atoms with Crippen LogP contribution >= 0.6 is 0 Å². The molecule has 1 amide bonds. The number of carbonyl (C=O) groups excluding carboxylic acids is 1. The van der Waals surface area contributed by atoms with Crippen LogP contribution in [-0.4, -0.2) is 52.8 Å². The van der Waals surface area contributed by atoms with Crippen LogP contribution in [0.3, 0.4) is 0 Å². The Morgan fingerprint density at radius 1 is 1.36 bits per heavy atom. The summed E-state index contributed by atoms with van der Waals surface area (Å²) < 4.78 is 50.7. The van der Waals surface area contributed by atoms with Crippen LogP contribution in [0.4, 0.5) is 9.18 Å². The first kappa shape index (κ1) is 19.5. The van der Waals surface area contributed by atoms with E-state index in [9.17, 15) is 17.6 Å². The lowest BCUT2D eigenvalue weighted by molar-refractivity contribution is 0.106. The van der Waals surface area contributed by atoms with Gasteiger partial charge in [0.2, 0.25) is 10.0 Å².